The largest absolute Gasteiger partial charge is 0.336 e. The van der Waals surface area contributed by atoms with Crippen LogP contribution in [0.15, 0.2) is 73.3 Å². The van der Waals surface area contributed by atoms with Gasteiger partial charge in [0.15, 0.2) is 0 Å². The minimum atomic E-state index is -0.0379. The lowest BCUT2D eigenvalue weighted by atomic mass is 10.1. The van der Waals surface area contributed by atoms with E-state index in [4.69, 9.17) is 0 Å². The Bertz CT molecular complexity index is 832. The van der Waals surface area contributed by atoms with Crippen LogP contribution in [0.4, 0.5) is 5.69 Å². The molecule has 3 aromatic rings. The fourth-order valence-electron chi connectivity index (χ4n) is 3.13. The number of imidazole rings is 1. The summed E-state index contributed by atoms with van der Waals surface area (Å²) in [4.78, 5) is 15.3. The molecule has 4 nitrogen and oxygen atoms in total. The topological polar surface area (TPSA) is 46.9 Å². The van der Waals surface area contributed by atoms with Crippen LogP contribution in [0, 0.1) is 0 Å². The molecule has 28 heavy (non-hydrogen) atoms. The molecule has 0 aliphatic carbocycles. The highest BCUT2D eigenvalue weighted by Crippen LogP contribution is 2.21. The number of aromatic nitrogens is 2. The first-order chi connectivity index (χ1) is 13.7. The molecule has 1 unspecified atom stereocenters. The van der Waals surface area contributed by atoms with E-state index in [1.54, 1.807) is 0 Å². The summed E-state index contributed by atoms with van der Waals surface area (Å²) in [5.74, 6) is 1.04. The number of nitrogens with zero attached hydrogens (tertiary/aromatic N) is 2. The van der Waals surface area contributed by atoms with E-state index in [-0.39, 0.29) is 5.91 Å². The number of rotatable bonds is 10. The minimum Gasteiger partial charge on any atom is -0.336 e. The molecule has 1 N–H and O–H groups in total. The molecular weight excluding hydrogens is 366 g/mol. The number of hydrogen-bond donors (Lipinski definition) is 1. The van der Waals surface area contributed by atoms with Crippen molar-refractivity contribution in [1.29, 1.82) is 0 Å². The number of carbonyl (C=O) groups is 1. The maximum atomic E-state index is 11.1. The predicted octanol–water partition coefficient (Wildman–Crippen LogP) is 4.82. The quantitative estimate of drug-likeness (QED) is 0.537. The summed E-state index contributed by atoms with van der Waals surface area (Å²) < 4.78 is 2.17. The van der Waals surface area contributed by atoms with Crippen LogP contribution < -0.4 is 5.32 Å². The first kappa shape index (κ1) is 20.2. The summed E-state index contributed by atoms with van der Waals surface area (Å²) >= 11 is 2.03. The molecule has 0 aliphatic heterocycles. The summed E-state index contributed by atoms with van der Waals surface area (Å²) in [5, 5.41) is 3.36. The molecule has 0 radical (unpaired) electrons. The summed E-state index contributed by atoms with van der Waals surface area (Å²) in [6.07, 6.45) is 9.05. The molecule has 3 rings (SSSR count). The van der Waals surface area contributed by atoms with E-state index in [0.29, 0.717) is 5.25 Å². The van der Waals surface area contributed by atoms with Crippen molar-refractivity contribution in [2.75, 3.05) is 11.1 Å². The number of anilines is 1. The zero-order chi connectivity index (χ0) is 19.6. The summed E-state index contributed by atoms with van der Waals surface area (Å²) in [6, 6.07) is 18.8. The molecule has 0 spiro atoms. The smallest absolute Gasteiger partial charge is 0.221 e. The molecular formula is C23H27N3OS. The van der Waals surface area contributed by atoms with E-state index in [2.05, 4.69) is 57.3 Å². The van der Waals surface area contributed by atoms with Gasteiger partial charge >= 0.3 is 0 Å². The minimum absolute atomic E-state index is 0.0379. The predicted molar refractivity (Wildman–Crippen MR) is 118 cm³/mol. The van der Waals surface area contributed by atoms with Gasteiger partial charge in [-0.15, -0.1) is 0 Å². The summed E-state index contributed by atoms with van der Waals surface area (Å²) in [6.45, 7) is 2.51. The lowest BCUT2D eigenvalue weighted by molar-refractivity contribution is -0.114. The molecule has 146 valence electrons. The first-order valence-corrected chi connectivity index (χ1v) is 10.7. The summed E-state index contributed by atoms with van der Waals surface area (Å²) in [7, 11) is 0. The lowest BCUT2D eigenvalue weighted by Crippen LogP contribution is -2.14. The van der Waals surface area contributed by atoms with E-state index in [0.717, 1.165) is 37.2 Å². The normalized spacial score (nSPS) is 11.9. The van der Waals surface area contributed by atoms with E-state index in [9.17, 15) is 4.79 Å². The zero-order valence-electron chi connectivity index (χ0n) is 16.3. The second kappa shape index (κ2) is 10.7. The third-order valence-corrected chi connectivity index (χ3v) is 5.89. The standard InChI is InChI=1S/C23H27N3OS/c1-19(27)25-22-10-7-21(8-11-22)13-16-28-23(17-26-15-14-24-18-26)12-9-20-5-3-2-4-6-20/h2-8,10-11,14-15,18,23H,9,12-13,16-17H2,1H3,(H,25,27). The molecule has 5 heteroatoms. The molecule has 0 aliphatic rings. The molecule has 1 amide bonds. The molecule has 0 bridgehead atoms. The van der Waals surface area contributed by atoms with Crippen molar-refractivity contribution >= 4 is 23.4 Å². The van der Waals surface area contributed by atoms with Crippen LogP contribution in [-0.2, 0) is 24.2 Å². The number of thioether (sulfide) groups is 1. The Hall–Kier alpha value is -2.53. The highest BCUT2D eigenvalue weighted by molar-refractivity contribution is 7.99. The van der Waals surface area contributed by atoms with Gasteiger partial charge in [0, 0.05) is 36.8 Å². The average Bonchev–Trinajstić information content (AvgIpc) is 3.21. The van der Waals surface area contributed by atoms with Gasteiger partial charge in [0.2, 0.25) is 5.91 Å². The SMILES string of the molecule is CC(=O)Nc1ccc(CCSC(CCc2ccccc2)Cn2ccnc2)cc1. The van der Waals surface area contributed by atoms with E-state index >= 15 is 0 Å². The number of benzene rings is 2. The van der Waals surface area contributed by atoms with Crippen molar-refractivity contribution in [1.82, 2.24) is 9.55 Å². The van der Waals surface area contributed by atoms with Crippen molar-refractivity contribution in [3.63, 3.8) is 0 Å². The highest BCUT2D eigenvalue weighted by atomic mass is 32.2. The van der Waals surface area contributed by atoms with E-state index in [1.807, 2.05) is 42.6 Å². The zero-order valence-corrected chi connectivity index (χ0v) is 17.1. The van der Waals surface area contributed by atoms with Crippen LogP contribution in [0.5, 0.6) is 0 Å². The van der Waals surface area contributed by atoms with Crippen molar-refractivity contribution in [2.45, 2.75) is 38.0 Å². The van der Waals surface area contributed by atoms with Crippen molar-refractivity contribution in [3.05, 3.63) is 84.4 Å². The maximum absolute atomic E-state index is 11.1. The average molecular weight is 394 g/mol. The monoisotopic (exact) mass is 393 g/mol. The Balaban J connectivity index is 1.51. The van der Waals surface area contributed by atoms with Crippen LogP contribution in [0.2, 0.25) is 0 Å². The number of hydrogen-bond acceptors (Lipinski definition) is 3. The molecule has 0 fully saturated rings. The van der Waals surface area contributed by atoms with Crippen molar-refractivity contribution in [2.24, 2.45) is 0 Å². The number of carbonyl (C=O) groups excluding carboxylic acids is 1. The molecule has 0 saturated heterocycles. The summed E-state index contributed by atoms with van der Waals surface area (Å²) in [5.41, 5.74) is 3.54. The van der Waals surface area contributed by atoms with Crippen molar-refractivity contribution in [3.8, 4) is 0 Å². The molecule has 1 heterocycles. The second-order valence-corrected chi connectivity index (χ2v) is 8.31. The number of nitrogens with one attached hydrogen (secondary N) is 1. The van der Waals surface area contributed by atoms with Gasteiger partial charge in [-0.1, -0.05) is 42.5 Å². The highest BCUT2D eigenvalue weighted by Gasteiger charge is 2.11. The molecule has 0 saturated carbocycles. The number of aryl methyl sites for hydroxylation is 2. The second-order valence-electron chi connectivity index (χ2n) is 6.90. The Morgan fingerprint density at radius 2 is 1.82 bits per heavy atom. The van der Waals surface area contributed by atoms with Gasteiger partial charge < -0.3 is 9.88 Å². The van der Waals surface area contributed by atoms with Gasteiger partial charge in [0.25, 0.3) is 0 Å². The molecule has 1 atom stereocenters. The van der Waals surface area contributed by atoms with Gasteiger partial charge in [0.1, 0.15) is 0 Å². The Labute approximate surface area is 171 Å². The van der Waals surface area contributed by atoms with Gasteiger partial charge in [0.05, 0.1) is 6.33 Å². The van der Waals surface area contributed by atoms with Gasteiger partial charge in [-0.3, -0.25) is 4.79 Å². The van der Waals surface area contributed by atoms with Crippen LogP contribution in [0.25, 0.3) is 0 Å². The lowest BCUT2D eigenvalue weighted by Gasteiger charge is -2.17. The fourth-order valence-corrected chi connectivity index (χ4v) is 4.38. The van der Waals surface area contributed by atoms with Crippen LogP contribution in [0.1, 0.15) is 24.5 Å². The Morgan fingerprint density at radius 3 is 2.50 bits per heavy atom. The fraction of sp³-hybridized carbons (Fsp3) is 0.304. The van der Waals surface area contributed by atoms with E-state index in [1.165, 1.54) is 18.1 Å². The maximum Gasteiger partial charge on any atom is 0.221 e. The van der Waals surface area contributed by atoms with Crippen LogP contribution >= 0.6 is 11.8 Å². The van der Waals surface area contributed by atoms with Crippen LogP contribution in [-0.4, -0.2) is 26.5 Å². The Morgan fingerprint density at radius 1 is 1.07 bits per heavy atom. The van der Waals surface area contributed by atoms with Crippen LogP contribution in [0.3, 0.4) is 0 Å². The van der Waals surface area contributed by atoms with Gasteiger partial charge in [-0.2, -0.15) is 11.8 Å². The number of amides is 1. The third-order valence-electron chi connectivity index (χ3n) is 4.59. The molecule has 2 aromatic carbocycles. The van der Waals surface area contributed by atoms with E-state index < -0.39 is 0 Å². The third kappa shape index (κ3) is 6.89. The molecule has 1 aromatic heterocycles. The first-order valence-electron chi connectivity index (χ1n) is 9.67. The van der Waals surface area contributed by atoms with Crippen molar-refractivity contribution < 1.29 is 4.79 Å². The van der Waals surface area contributed by atoms with Gasteiger partial charge in [-0.05, 0) is 48.3 Å². The van der Waals surface area contributed by atoms with Gasteiger partial charge in [-0.25, -0.2) is 4.98 Å². The Kier molecular flexibility index (Phi) is 7.73.